The second-order valence-electron chi connectivity index (χ2n) is 5.24. The van der Waals surface area contributed by atoms with Gasteiger partial charge < -0.3 is 10.0 Å². The van der Waals surface area contributed by atoms with Gasteiger partial charge in [-0.1, -0.05) is 28.1 Å². The van der Waals surface area contributed by atoms with E-state index in [1.165, 1.54) is 0 Å². The van der Waals surface area contributed by atoms with Crippen LogP contribution in [0.3, 0.4) is 0 Å². The van der Waals surface area contributed by atoms with Gasteiger partial charge in [-0.3, -0.25) is 9.59 Å². The van der Waals surface area contributed by atoms with E-state index in [4.69, 9.17) is 5.11 Å². The van der Waals surface area contributed by atoms with E-state index in [2.05, 4.69) is 15.9 Å². The first kappa shape index (κ1) is 14.1. The highest BCUT2D eigenvalue weighted by atomic mass is 79.9. The van der Waals surface area contributed by atoms with Crippen molar-refractivity contribution in [3.05, 3.63) is 34.3 Å². The van der Waals surface area contributed by atoms with Gasteiger partial charge in [-0.2, -0.15) is 0 Å². The van der Waals surface area contributed by atoms with Gasteiger partial charge in [0.2, 0.25) is 5.91 Å². The fourth-order valence-electron chi connectivity index (χ4n) is 2.28. The van der Waals surface area contributed by atoms with Crippen LogP contribution in [0, 0.1) is 5.41 Å². The Morgan fingerprint density at radius 1 is 1.47 bits per heavy atom. The number of aliphatic carboxylic acids is 1. The molecule has 1 saturated heterocycles. The minimum Gasteiger partial charge on any atom is -0.481 e. The zero-order valence-electron chi connectivity index (χ0n) is 10.7. The number of halogens is 1. The molecule has 5 heteroatoms. The Morgan fingerprint density at radius 3 is 2.79 bits per heavy atom. The summed E-state index contributed by atoms with van der Waals surface area (Å²) in [5.41, 5.74) is 0.135. The van der Waals surface area contributed by atoms with Crippen molar-refractivity contribution >= 4 is 27.8 Å². The molecule has 2 rings (SSSR count). The first-order chi connectivity index (χ1) is 8.90. The van der Waals surface area contributed by atoms with Crippen LogP contribution in [0.1, 0.15) is 18.9 Å². The summed E-state index contributed by atoms with van der Waals surface area (Å²) in [4.78, 5) is 25.0. The number of carbonyl (C=O) groups is 2. The first-order valence-corrected chi connectivity index (χ1v) is 6.96. The van der Waals surface area contributed by atoms with E-state index in [1.807, 2.05) is 24.3 Å². The lowest BCUT2D eigenvalue weighted by molar-refractivity contribution is -0.147. The monoisotopic (exact) mass is 325 g/mol. The summed E-state index contributed by atoms with van der Waals surface area (Å²) in [5.74, 6) is -0.840. The van der Waals surface area contributed by atoms with E-state index in [1.54, 1.807) is 11.8 Å². The normalized spacial score (nSPS) is 22.5. The molecular formula is C14H16BrNO3. The standard InChI is InChI=1S/C14H16BrNO3/c1-14(13(18)19)5-6-16(9-14)12(17)8-10-3-2-4-11(15)7-10/h2-4,7H,5-6,8-9H2,1H3,(H,18,19)/t14-/m0/s1. The summed E-state index contributed by atoms with van der Waals surface area (Å²) in [6.07, 6.45) is 0.835. The Morgan fingerprint density at radius 2 is 2.21 bits per heavy atom. The number of amides is 1. The van der Waals surface area contributed by atoms with Crippen LogP contribution >= 0.6 is 15.9 Å². The Kier molecular flexibility index (Phi) is 3.94. The molecule has 1 fully saturated rings. The van der Waals surface area contributed by atoms with Crippen molar-refractivity contribution in [3.8, 4) is 0 Å². The Labute approximate surface area is 120 Å². The van der Waals surface area contributed by atoms with Crippen LogP contribution in [0.4, 0.5) is 0 Å². The van der Waals surface area contributed by atoms with Crippen molar-refractivity contribution in [1.82, 2.24) is 4.90 Å². The van der Waals surface area contributed by atoms with Gasteiger partial charge >= 0.3 is 5.97 Å². The highest BCUT2D eigenvalue weighted by Gasteiger charge is 2.41. The fourth-order valence-corrected chi connectivity index (χ4v) is 2.73. The van der Waals surface area contributed by atoms with Crippen molar-refractivity contribution in [2.45, 2.75) is 19.8 Å². The third kappa shape index (κ3) is 3.15. The van der Waals surface area contributed by atoms with E-state index in [0.29, 0.717) is 25.9 Å². The molecule has 0 radical (unpaired) electrons. The topological polar surface area (TPSA) is 57.6 Å². The van der Waals surface area contributed by atoms with Gasteiger partial charge in [0.1, 0.15) is 0 Å². The number of hydrogen-bond acceptors (Lipinski definition) is 2. The van der Waals surface area contributed by atoms with Crippen molar-refractivity contribution in [2.75, 3.05) is 13.1 Å². The molecule has 1 atom stereocenters. The summed E-state index contributed by atoms with van der Waals surface area (Å²) < 4.78 is 0.939. The lowest BCUT2D eigenvalue weighted by atomic mass is 9.90. The van der Waals surface area contributed by atoms with E-state index >= 15 is 0 Å². The van der Waals surface area contributed by atoms with E-state index in [0.717, 1.165) is 10.0 Å². The van der Waals surface area contributed by atoms with Crippen molar-refractivity contribution in [1.29, 1.82) is 0 Å². The Balaban J connectivity index is 2.01. The average Bonchev–Trinajstić information content (AvgIpc) is 2.73. The number of likely N-dealkylation sites (tertiary alicyclic amines) is 1. The molecule has 1 amide bonds. The van der Waals surface area contributed by atoms with E-state index in [-0.39, 0.29) is 5.91 Å². The zero-order chi connectivity index (χ0) is 14.0. The maximum absolute atomic E-state index is 12.2. The van der Waals surface area contributed by atoms with Crippen LogP contribution in [0.2, 0.25) is 0 Å². The summed E-state index contributed by atoms with van der Waals surface area (Å²) in [6.45, 7) is 2.52. The molecule has 1 aliphatic rings. The van der Waals surface area contributed by atoms with Crippen LogP contribution < -0.4 is 0 Å². The smallest absolute Gasteiger partial charge is 0.311 e. The Bertz CT molecular complexity index is 517. The van der Waals surface area contributed by atoms with Crippen LogP contribution in [-0.2, 0) is 16.0 Å². The van der Waals surface area contributed by atoms with Crippen molar-refractivity contribution in [2.24, 2.45) is 5.41 Å². The van der Waals surface area contributed by atoms with Gasteiger partial charge in [0, 0.05) is 17.6 Å². The fraction of sp³-hybridized carbons (Fsp3) is 0.429. The summed E-state index contributed by atoms with van der Waals surface area (Å²) in [7, 11) is 0. The van der Waals surface area contributed by atoms with Gasteiger partial charge in [0.25, 0.3) is 0 Å². The predicted molar refractivity (Wildman–Crippen MR) is 74.8 cm³/mol. The van der Waals surface area contributed by atoms with Gasteiger partial charge in [-0.25, -0.2) is 0 Å². The van der Waals surface area contributed by atoms with Crippen molar-refractivity contribution in [3.63, 3.8) is 0 Å². The molecule has 0 unspecified atom stereocenters. The molecule has 0 saturated carbocycles. The second kappa shape index (κ2) is 5.33. The zero-order valence-corrected chi connectivity index (χ0v) is 12.3. The number of rotatable bonds is 3. The van der Waals surface area contributed by atoms with E-state index < -0.39 is 11.4 Å². The number of hydrogen-bond donors (Lipinski definition) is 1. The largest absolute Gasteiger partial charge is 0.481 e. The SMILES string of the molecule is C[C@]1(C(=O)O)CCN(C(=O)Cc2cccc(Br)c2)C1. The van der Waals surface area contributed by atoms with Crippen molar-refractivity contribution < 1.29 is 14.7 Å². The summed E-state index contributed by atoms with van der Waals surface area (Å²) in [6, 6.07) is 7.60. The molecule has 1 heterocycles. The highest BCUT2D eigenvalue weighted by molar-refractivity contribution is 9.10. The van der Waals surface area contributed by atoms with Gasteiger partial charge in [-0.05, 0) is 31.0 Å². The maximum Gasteiger partial charge on any atom is 0.311 e. The first-order valence-electron chi connectivity index (χ1n) is 6.16. The van der Waals surface area contributed by atoms with Crippen LogP contribution in [0.15, 0.2) is 28.7 Å². The number of carbonyl (C=O) groups excluding carboxylic acids is 1. The molecule has 0 aromatic heterocycles. The maximum atomic E-state index is 12.2. The molecule has 0 bridgehead atoms. The lowest BCUT2D eigenvalue weighted by Crippen LogP contribution is -2.35. The minimum atomic E-state index is -0.828. The third-order valence-corrected chi connectivity index (χ3v) is 4.08. The quantitative estimate of drug-likeness (QED) is 0.927. The van der Waals surface area contributed by atoms with Crippen LogP contribution in [0.5, 0.6) is 0 Å². The molecule has 1 N–H and O–H groups in total. The number of carboxylic acids is 1. The van der Waals surface area contributed by atoms with Crippen LogP contribution in [0.25, 0.3) is 0 Å². The lowest BCUT2D eigenvalue weighted by Gasteiger charge is -2.20. The minimum absolute atomic E-state index is 0.0110. The molecular weight excluding hydrogens is 310 g/mol. The van der Waals surface area contributed by atoms with Gasteiger partial charge in [-0.15, -0.1) is 0 Å². The van der Waals surface area contributed by atoms with Crippen LogP contribution in [-0.4, -0.2) is 35.0 Å². The molecule has 0 spiro atoms. The second-order valence-corrected chi connectivity index (χ2v) is 6.15. The molecule has 19 heavy (non-hydrogen) atoms. The van der Waals surface area contributed by atoms with Gasteiger partial charge in [0.15, 0.2) is 0 Å². The Hall–Kier alpha value is -1.36. The number of benzene rings is 1. The molecule has 1 aliphatic heterocycles. The summed E-state index contributed by atoms with van der Waals surface area (Å²) in [5, 5.41) is 9.15. The molecule has 1 aromatic carbocycles. The summed E-state index contributed by atoms with van der Waals surface area (Å²) >= 11 is 3.37. The van der Waals surface area contributed by atoms with Gasteiger partial charge in [0.05, 0.1) is 11.8 Å². The highest BCUT2D eigenvalue weighted by Crippen LogP contribution is 2.30. The third-order valence-electron chi connectivity index (χ3n) is 3.59. The average molecular weight is 326 g/mol. The predicted octanol–water partition coefficient (Wildman–Crippen LogP) is 2.31. The molecule has 102 valence electrons. The number of nitrogens with zero attached hydrogens (tertiary/aromatic N) is 1. The van der Waals surface area contributed by atoms with E-state index in [9.17, 15) is 9.59 Å². The number of carboxylic acid groups (broad SMARTS) is 1. The molecule has 4 nitrogen and oxygen atoms in total. The molecule has 1 aromatic rings. The molecule has 0 aliphatic carbocycles.